The minimum absolute atomic E-state index is 0.261. The Bertz CT molecular complexity index is 757. The zero-order valence-electron chi connectivity index (χ0n) is 14.1. The van der Waals surface area contributed by atoms with Gasteiger partial charge in [-0.1, -0.05) is 12.5 Å². The number of likely N-dealkylation sites (tertiary alicyclic amines) is 1. The highest BCUT2D eigenvalue weighted by Gasteiger charge is 2.11. The van der Waals surface area contributed by atoms with Gasteiger partial charge < -0.3 is 15.0 Å². The van der Waals surface area contributed by atoms with E-state index in [4.69, 9.17) is 10.00 Å². The van der Waals surface area contributed by atoms with Crippen molar-refractivity contribution in [2.75, 3.05) is 31.6 Å². The van der Waals surface area contributed by atoms with E-state index in [1.165, 1.54) is 31.5 Å². The quantitative estimate of drug-likeness (QED) is 0.848. The number of anilines is 1. The molecule has 0 aliphatic carbocycles. The highest BCUT2D eigenvalue weighted by atomic mass is 16.5. The number of aromatic nitrogens is 1. The first-order chi connectivity index (χ1) is 12.2. The van der Waals surface area contributed by atoms with Gasteiger partial charge in [-0.3, -0.25) is 9.69 Å². The molecule has 1 aliphatic rings. The van der Waals surface area contributed by atoms with Crippen molar-refractivity contribution in [2.45, 2.75) is 19.3 Å². The van der Waals surface area contributed by atoms with Crippen LogP contribution in [-0.4, -0.2) is 42.0 Å². The standard InChI is InChI=1S/C19H22N4O2/c20-13-17-11-15(14-21-17)19(24)22-16-5-4-6-18(12-16)25-10-9-23-7-2-1-3-8-23/h4-6,11-12,14,21H,1-3,7-10H2,(H,22,24). The molecular formula is C19H22N4O2. The lowest BCUT2D eigenvalue weighted by atomic mass is 10.1. The van der Waals surface area contributed by atoms with Gasteiger partial charge in [-0.05, 0) is 44.1 Å². The number of rotatable bonds is 6. The van der Waals surface area contributed by atoms with Crippen LogP contribution in [0.15, 0.2) is 36.5 Å². The van der Waals surface area contributed by atoms with Crippen molar-refractivity contribution < 1.29 is 9.53 Å². The number of piperidine rings is 1. The van der Waals surface area contributed by atoms with Crippen LogP contribution in [0.2, 0.25) is 0 Å². The second-order valence-electron chi connectivity index (χ2n) is 6.15. The van der Waals surface area contributed by atoms with Crippen LogP contribution in [0.5, 0.6) is 5.75 Å². The summed E-state index contributed by atoms with van der Waals surface area (Å²) in [6.07, 6.45) is 5.39. The van der Waals surface area contributed by atoms with Gasteiger partial charge in [0, 0.05) is 24.5 Å². The SMILES string of the molecule is N#Cc1cc(C(=O)Nc2cccc(OCCN3CCCCC3)c2)c[nH]1. The summed E-state index contributed by atoms with van der Waals surface area (Å²) in [5.41, 5.74) is 1.45. The minimum atomic E-state index is -0.261. The summed E-state index contributed by atoms with van der Waals surface area (Å²) in [5, 5.41) is 11.6. The lowest BCUT2D eigenvalue weighted by molar-refractivity contribution is 0.102. The third-order valence-corrected chi connectivity index (χ3v) is 4.28. The molecule has 1 amide bonds. The van der Waals surface area contributed by atoms with E-state index in [2.05, 4.69) is 15.2 Å². The molecule has 6 nitrogen and oxygen atoms in total. The molecule has 1 aromatic carbocycles. The van der Waals surface area contributed by atoms with Gasteiger partial charge in [0.1, 0.15) is 24.1 Å². The second kappa shape index (κ2) is 8.36. The predicted octanol–water partition coefficient (Wildman–Crippen LogP) is 3.00. The smallest absolute Gasteiger partial charge is 0.257 e. The zero-order valence-corrected chi connectivity index (χ0v) is 14.1. The Morgan fingerprint density at radius 2 is 2.12 bits per heavy atom. The Hall–Kier alpha value is -2.78. The molecule has 0 saturated carbocycles. The number of carbonyl (C=O) groups is 1. The molecule has 2 heterocycles. The summed E-state index contributed by atoms with van der Waals surface area (Å²) in [4.78, 5) is 17.4. The lowest BCUT2D eigenvalue weighted by Gasteiger charge is -2.26. The summed E-state index contributed by atoms with van der Waals surface area (Å²) in [6.45, 7) is 3.87. The summed E-state index contributed by atoms with van der Waals surface area (Å²) in [5.74, 6) is 0.477. The van der Waals surface area contributed by atoms with Gasteiger partial charge in [-0.25, -0.2) is 0 Å². The van der Waals surface area contributed by atoms with E-state index in [0.717, 1.165) is 25.4 Å². The van der Waals surface area contributed by atoms with Gasteiger partial charge in [0.05, 0.1) is 5.56 Å². The Morgan fingerprint density at radius 3 is 2.88 bits per heavy atom. The summed E-state index contributed by atoms with van der Waals surface area (Å²) < 4.78 is 5.82. The fourth-order valence-electron chi connectivity index (χ4n) is 2.93. The maximum atomic E-state index is 12.2. The number of nitriles is 1. The van der Waals surface area contributed by atoms with Crippen molar-refractivity contribution in [3.05, 3.63) is 47.8 Å². The van der Waals surface area contributed by atoms with E-state index in [-0.39, 0.29) is 5.91 Å². The minimum Gasteiger partial charge on any atom is -0.492 e. The third-order valence-electron chi connectivity index (χ3n) is 4.28. The van der Waals surface area contributed by atoms with E-state index in [0.29, 0.717) is 23.6 Å². The molecule has 2 aromatic rings. The third kappa shape index (κ3) is 4.85. The monoisotopic (exact) mass is 338 g/mol. The fourth-order valence-corrected chi connectivity index (χ4v) is 2.93. The average molecular weight is 338 g/mol. The van der Waals surface area contributed by atoms with Crippen molar-refractivity contribution in [2.24, 2.45) is 0 Å². The lowest BCUT2D eigenvalue weighted by Crippen LogP contribution is -2.33. The summed E-state index contributed by atoms with van der Waals surface area (Å²) >= 11 is 0. The van der Waals surface area contributed by atoms with E-state index < -0.39 is 0 Å². The van der Waals surface area contributed by atoms with E-state index >= 15 is 0 Å². The van der Waals surface area contributed by atoms with Crippen LogP contribution in [0.4, 0.5) is 5.69 Å². The van der Waals surface area contributed by atoms with Crippen molar-refractivity contribution in [1.29, 1.82) is 5.26 Å². The van der Waals surface area contributed by atoms with Crippen LogP contribution in [0.25, 0.3) is 0 Å². The first-order valence-electron chi connectivity index (χ1n) is 8.60. The molecule has 0 bridgehead atoms. The van der Waals surface area contributed by atoms with E-state index in [9.17, 15) is 4.79 Å². The molecule has 3 rings (SSSR count). The number of amides is 1. The number of carbonyl (C=O) groups excluding carboxylic acids is 1. The molecule has 1 fully saturated rings. The second-order valence-corrected chi connectivity index (χ2v) is 6.15. The first kappa shape index (κ1) is 17.1. The molecule has 1 aromatic heterocycles. The molecule has 0 atom stereocenters. The van der Waals surface area contributed by atoms with E-state index in [1.807, 2.05) is 30.3 Å². The van der Waals surface area contributed by atoms with Gasteiger partial charge >= 0.3 is 0 Å². The van der Waals surface area contributed by atoms with Crippen LogP contribution in [0, 0.1) is 11.3 Å². The molecule has 0 unspecified atom stereocenters. The topological polar surface area (TPSA) is 81.2 Å². The number of aromatic amines is 1. The predicted molar refractivity (Wildman–Crippen MR) is 95.7 cm³/mol. The Labute approximate surface area is 147 Å². The van der Waals surface area contributed by atoms with Crippen LogP contribution in [-0.2, 0) is 0 Å². The number of H-pyrrole nitrogens is 1. The van der Waals surface area contributed by atoms with Gasteiger partial charge in [0.25, 0.3) is 5.91 Å². The van der Waals surface area contributed by atoms with Crippen molar-refractivity contribution in [3.63, 3.8) is 0 Å². The number of hydrogen-bond acceptors (Lipinski definition) is 4. The number of hydrogen-bond donors (Lipinski definition) is 2. The first-order valence-corrected chi connectivity index (χ1v) is 8.60. The normalized spacial score (nSPS) is 14.7. The molecule has 1 aliphatic heterocycles. The molecular weight excluding hydrogens is 316 g/mol. The highest BCUT2D eigenvalue weighted by Crippen LogP contribution is 2.18. The van der Waals surface area contributed by atoms with Crippen LogP contribution >= 0.6 is 0 Å². The highest BCUT2D eigenvalue weighted by molar-refractivity contribution is 6.04. The van der Waals surface area contributed by atoms with Crippen molar-refractivity contribution >= 4 is 11.6 Å². The van der Waals surface area contributed by atoms with Crippen molar-refractivity contribution in [3.8, 4) is 11.8 Å². The number of nitrogens with one attached hydrogen (secondary N) is 2. The molecule has 6 heteroatoms. The average Bonchev–Trinajstić information content (AvgIpc) is 3.12. The largest absolute Gasteiger partial charge is 0.492 e. The zero-order chi connectivity index (χ0) is 17.5. The molecule has 25 heavy (non-hydrogen) atoms. The van der Waals surface area contributed by atoms with Crippen LogP contribution in [0.3, 0.4) is 0 Å². The maximum Gasteiger partial charge on any atom is 0.257 e. The number of nitrogens with zero attached hydrogens (tertiary/aromatic N) is 2. The van der Waals surface area contributed by atoms with Gasteiger partial charge in [-0.15, -0.1) is 0 Å². The van der Waals surface area contributed by atoms with Crippen LogP contribution < -0.4 is 10.1 Å². The molecule has 1 saturated heterocycles. The number of benzene rings is 1. The van der Waals surface area contributed by atoms with Gasteiger partial charge in [-0.2, -0.15) is 5.26 Å². The summed E-state index contributed by atoms with van der Waals surface area (Å²) in [6, 6.07) is 10.8. The summed E-state index contributed by atoms with van der Waals surface area (Å²) in [7, 11) is 0. The maximum absolute atomic E-state index is 12.2. The number of ether oxygens (including phenoxy) is 1. The van der Waals surface area contributed by atoms with Gasteiger partial charge in [0.15, 0.2) is 0 Å². The molecule has 0 radical (unpaired) electrons. The van der Waals surface area contributed by atoms with Crippen molar-refractivity contribution in [1.82, 2.24) is 9.88 Å². The Kier molecular flexibility index (Phi) is 5.70. The van der Waals surface area contributed by atoms with Crippen LogP contribution in [0.1, 0.15) is 35.3 Å². The van der Waals surface area contributed by atoms with Gasteiger partial charge in [0.2, 0.25) is 0 Å². The fraction of sp³-hybridized carbons (Fsp3) is 0.368. The Morgan fingerprint density at radius 1 is 1.28 bits per heavy atom. The van der Waals surface area contributed by atoms with E-state index in [1.54, 1.807) is 0 Å². The molecule has 130 valence electrons. The molecule has 2 N–H and O–H groups in total. The molecule has 0 spiro atoms. The Balaban J connectivity index is 1.52.